The predicted octanol–water partition coefficient (Wildman–Crippen LogP) is 2.12. The van der Waals surface area contributed by atoms with Crippen molar-refractivity contribution in [3.05, 3.63) is 30.5 Å². The minimum atomic E-state index is -1.00. The largest absolute Gasteiger partial charge is 0.495 e. The molecule has 104 valence electrons. The lowest BCUT2D eigenvalue weighted by Crippen LogP contribution is -2.41. The fourth-order valence-electron chi connectivity index (χ4n) is 2.08. The summed E-state index contributed by atoms with van der Waals surface area (Å²) in [6.07, 6.45) is -0.702. The fraction of sp³-hybridized carbons (Fsp3) is 0.400. The quantitative estimate of drug-likeness (QED) is 0.639. The maximum absolute atomic E-state index is 8.33. The first-order chi connectivity index (χ1) is 11.4. The number of fused-ring (bicyclic) bond motifs is 1. The lowest BCUT2D eigenvalue weighted by molar-refractivity contribution is 0.00578. The van der Waals surface area contributed by atoms with Crippen LogP contribution in [0.4, 0.5) is 5.69 Å². The maximum atomic E-state index is 8.33. The van der Waals surface area contributed by atoms with Crippen LogP contribution in [0.15, 0.2) is 30.5 Å². The molecule has 1 aromatic heterocycles. The molecule has 1 aromatic carbocycles. The molecular formula is C15H19BN2O2. The van der Waals surface area contributed by atoms with E-state index in [1.54, 1.807) is 0 Å². The van der Waals surface area contributed by atoms with E-state index in [0.717, 1.165) is 0 Å². The SMILES string of the molecule is [2H]c1nc([2H])c2c(N)c([2H])c([2H])c(B3OC(C)(C)C(C)(C)O3)c2c1[2H]. The highest BCUT2D eigenvalue weighted by atomic mass is 16.7. The number of anilines is 1. The van der Waals surface area contributed by atoms with Crippen molar-refractivity contribution in [2.75, 3.05) is 5.73 Å². The Morgan fingerprint density at radius 2 is 1.75 bits per heavy atom. The molecule has 0 amide bonds. The Hall–Kier alpha value is -1.59. The third-order valence-corrected chi connectivity index (χ3v) is 4.01. The van der Waals surface area contributed by atoms with Crippen molar-refractivity contribution in [1.29, 1.82) is 0 Å². The summed E-state index contributed by atoms with van der Waals surface area (Å²) in [5.74, 6) is 0. The average Bonchev–Trinajstić information content (AvgIpc) is 2.69. The molecule has 0 spiro atoms. The van der Waals surface area contributed by atoms with Gasteiger partial charge >= 0.3 is 7.12 Å². The molecule has 2 aromatic rings. The van der Waals surface area contributed by atoms with E-state index in [1.807, 2.05) is 27.7 Å². The molecule has 0 radical (unpaired) electrons. The van der Waals surface area contributed by atoms with E-state index in [2.05, 4.69) is 4.98 Å². The van der Waals surface area contributed by atoms with Gasteiger partial charge in [0.05, 0.1) is 18.1 Å². The topological polar surface area (TPSA) is 57.4 Å². The first-order valence-corrected chi connectivity index (χ1v) is 6.40. The predicted molar refractivity (Wildman–Crippen MR) is 81.9 cm³/mol. The van der Waals surface area contributed by atoms with Gasteiger partial charge in [0.15, 0.2) is 0 Å². The van der Waals surface area contributed by atoms with E-state index in [9.17, 15) is 0 Å². The summed E-state index contributed by atoms with van der Waals surface area (Å²) in [6, 6.07) is -0.775. The van der Waals surface area contributed by atoms with E-state index in [0.29, 0.717) is 0 Å². The zero-order valence-corrected chi connectivity index (χ0v) is 11.9. The van der Waals surface area contributed by atoms with E-state index in [-0.39, 0.29) is 46.2 Å². The summed E-state index contributed by atoms with van der Waals surface area (Å²) in [4.78, 5) is 3.70. The van der Waals surface area contributed by atoms with Gasteiger partial charge in [-0.25, -0.2) is 0 Å². The van der Waals surface area contributed by atoms with Gasteiger partial charge in [-0.15, -0.1) is 0 Å². The summed E-state index contributed by atoms with van der Waals surface area (Å²) in [6.45, 7) is 7.42. The Morgan fingerprint density at radius 3 is 2.40 bits per heavy atom. The molecule has 5 heteroatoms. The lowest BCUT2D eigenvalue weighted by Gasteiger charge is -2.32. The molecule has 0 atom stereocenters. The summed E-state index contributed by atoms with van der Waals surface area (Å²) < 4.78 is 52.4. The second-order valence-corrected chi connectivity index (χ2v) is 5.88. The fourth-order valence-corrected chi connectivity index (χ4v) is 2.08. The Kier molecular flexibility index (Phi) is 1.82. The third-order valence-electron chi connectivity index (χ3n) is 4.01. The normalized spacial score (nSPS) is 24.0. The van der Waals surface area contributed by atoms with E-state index >= 15 is 0 Å². The molecule has 1 fully saturated rings. The summed E-state index contributed by atoms with van der Waals surface area (Å²) in [5.41, 5.74) is 4.60. The van der Waals surface area contributed by atoms with Crippen molar-refractivity contribution >= 4 is 29.0 Å². The molecule has 1 aliphatic rings. The van der Waals surface area contributed by atoms with Crippen LogP contribution in [0, 0.1) is 0 Å². The number of nitrogen functional groups attached to an aromatic ring is 1. The molecule has 1 saturated heterocycles. The highest BCUT2D eigenvalue weighted by Crippen LogP contribution is 2.37. The van der Waals surface area contributed by atoms with Gasteiger partial charge in [-0.1, -0.05) is 6.04 Å². The van der Waals surface area contributed by atoms with Crippen LogP contribution < -0.4 is 11.2 Å². The second kappa shape index (κ2) is 4.20. The summed E-state index contributed by atoms with van der Waals surface area (Å²) in [5, 5.41) is 0.189. The highest BCUT2D eigenvalue weighted by molar-refractivity contribution is 6.65. The average molecular weight is 275 g/mol. The molecule has 2 N–H and O–H groups in total. The zero-order chi connectivity index (χ0) is 18.9. The van der Waals surface area contributed by atoms with Crippen molar-refractivity contribution in [2.45, 2.75) is 38.9 Å². The minimum absolute atomic E-state index is 0.0757. The number of benzene rings is 1. The van der Waals surface area contributed by atoms with Gasteiger partial charge < -0.3 is 15.0 Å². The number of hydrogen-bond acceptors (Lipinski definition) is 4. The molecule has 3 rings (SSSR count). The second-order valence-electron chi connectivity index (χ2n) is 5.88. The van der Waals surface area contributed by atoms with Gasteiger partial charge in [0, 0.05) is 23.4 Å². The van der Waals surface area contributed by atoms with Crippen LogP contribution in [0.2, 0.25) is 0 Å². The molecule has 20 heavy (non-hydrogen) atoms. The standard InChI is InChI=1S/C15H19BN2O2/c1-14(2)15(3,4)20-16(19-14)12-5-6-13(17)11-9-18-8-7-10(11)12/h5-9H,17H2,1-4H3/i5D,6D,7D,8D,9D. The molecule has 0 bridgehead atoms. The van der Waals surface area contributed by atoms with Crippen molar-refractivity contribution in [3.8, 4) is 0 Å². The Bertz CT molecular complexity index is 888. The van der Waals surface area contributed by atoms with Crippen LogP contribution in [0.3, 0.4) is 0 Å². The smallest absolute Gasteiger partial charge is 0.399 e. The van der Waals surface area contributed by atoms with E-state index < -0.39 is 24.5 Å². The number of nitrogens with two attached hydrogens (primary N) is 1. The number of aromatic nitrogens is 1. The number of pyridine rings is 1. The van der Waals surface area contributed by atoms with Gasteiger partial charge in [0.2, 0.25) is 0 Å². The van der Waals surface area contributed by atoms with Crippen LogP contribution >= 0.6 is 0 Å². The first-order valence-electron chi connectivity index (χ1n) is 8.90. The number of hydrogen-bond donors (Lipinski definition) is 1. The summed E-state index contributed by atoms with van der Waals surface area (Å²) in [7, 11) is -1.00. The molecule has 0 aliphatic carbocycles. The van der Waals surface area contributed by atoms with Crippen LogP contribution in [0.1, 0.15) is 34.5 Å². The van der Waals surface area contributed by atoms with Crippen LogP contribution in [0.5, 0.6) is 0 Å². The Labute approximate surface area is 126 Å². The van der Waals surface area contributed by atoms with Crippen LogP contribution in [-0.4, -0.2) is 23.3 Å². The number of rotatable bonds is 1. The third kappa shape index (κ3) is 1.89. The van der Waals surface area contributed by atoms with Gasteiger partial charge in [-0.2, -0.15) is 0 Å². The molecule has 1 aliphatic heterocycles. The monoisotopic (exact) mass is 275 g/mol. The highest BCUT2D eigenvalue weighted by Gasteiger charge is 2.52. The first kappa shape index (κ1) is 8.65. The van der Waals surface area contributed by atoms with Crippen molar-refractivity contribution in [1.82, 2.24) is 4.98 Å². The zero-order valence-electron chi connectivity index (χ0n) is 16.9. The van der Waals surface area contributed by atoms with Crippen LogP contribution in [-0.2, 0) is 9.31 Å². The van der Waals surface area contributed by atoms with Gasteiger partial charge in [-0.3, -0.25) is 4.98 Å². The van der Waals surface area contributed by atoms with Crippen molar-refractivity contribution in [3.63, 3.8) is 0 Å². The summed E-state index contributed by atoms with van der Waals surface area (Å²) >= 11 is 0. The maximum Gasteiger partial charge on any atom is 0.495 e. The number of nitrogens with zero attached hydrogens (tertiary/aromatic N) is 1. The van der Waals surface area contributed by atoms with Gasteiger partial charge in [0.1, 0.15) is 0 Å². The van der Waals surface area contributed by atoms with Crippen LogP contribution in [0.25, 0.3) is 10.8 Å². The van der Waals surface area contributed by atoms with E-state index in [4.69, 9.17) is 21.9 Å². The molecule has 2 heterocycles. The molecule has 0 unspecified atom stereocenters. The van der Waals surface area contributed by atoms with Gasteiger partial charge in [-0.05, 0) is 50.6 Å². The van der Waals surface area contributed by atoms with Crippen molar-refractivity contribution < 1.29 is 16.2 Å². The van der Waals surface area contributed by atoms with Crippen molar-refractivity contribution in [2.24, 2.45) is 0 Å². The Balaban J connectivity index is 2.40. The molecular weight excluding hydrogens is 251 g/mol. The minimum Gasteiger partial charge on any atom is -0.399 e. The lowest BCUT2D eigenvalue weighted by atomic mass is 9.76. The van der Waals surface area contributed by atoms with Gasteiger partial charge in [0.25, 0.3) is 0 Å². The molecule has 0 saturated carbocycles. The molecule has 4 nitrogen and oxygen atoms in total. The van der Waals surface area contributed by atoms with E-state index in [1.165, 1.54) is 0 Å². The Morgan fingerprint density at radius 1 is 1.10 bits per heavy atom.